The fourth-order valence-corrected chi connectivity index (χ4v) is 5.14. The molecule has 5 nitrogen and oxygen atoms in total. The molecule has 28 heavy (non-hydrogen) atoms. The van der Waals surface area contributed by atoms with Gasteiger partial charge < -0.3 is 14.6 Å². The summed E-state index contributed by atoms with van der Waals surface area (Å²) in [4.78, 5) is 10.1. The lowest BCUT2D eigenvalue weighted by molar-refractivity contribution is 0.415. The molecule has 6 heteroatoms. The minimum absolute atomic E-state index is 0.449. The van der Waals surface area contributed by atoms with Gasteiger partial charge in [0.15, 0.2) is 5.16 Å². The third-order valence-electron chi connectivity index (χ3n) is 5.66. The number of nitrogens with zero attached hydrogens (tertiary/aromatic N) is 2. The minimum atomic E-state index is -1.24. The monoisotopic (exact) mass is 397 g/mol. The zero-order chi connectivity index (χ0) is 19.5. The van der Waals surface area contributed by atoms with Crippen LogP contribution >= 0.6 is 0 Å². The first-order chi connectivity index (χ1) is 13.7. The topological polar surface area (TPSA) is 58.2 Å². The second kappa shape index (κ2) is 8.35. The zero-order valence-electron chi connectivity index (χ0n) is 16.5. The Labute approximate surface area is 168 Å². The Morgan fingerprint density at radius 3 is 2.75 bits per heavy atom. The minimum Gasteiger partial charge on any atom is -0.497 e. The molecule has 1 aliphatic rings. The fourth-order valence-electron chi connectivity index (χ4n) is 4.05. The normalized spacial score (nSPS) is 16.2. The number of nitrogens with one attached hydrogen (secondary N) is 1. The number of H-pyrrole nitrogens is 1. The highest BCUT2D eigenvalue weighted by Gasteiger charge is 2.21. The summed E-state index contributed by atoms with van der Waals surface area (Å²) >= 11 is 0. The summed E-state index contributed by atoms with van der Waals surface area (Å²) < 4.78 is 18.3. The third kappa shape index (κ3) is 3.92. The number of hydrogen-bond acceptors (Lipinski definition) is 4. The van der Waals surface area contributed by atoms with Gasteiger partial charge in [0.05, 0.1) is 34.7 Å². The first kappa shape index (κ1) is 19.0. The van der Waals surface area contributed by atoms with Crippen LogP contribution in [0.15, 0.2) is 47.6 Å². The van der Waals surface area contributed by atoms with Crippen LogP contribution in [0, 0.1) is 0 Å². The Balaban J connectivity index is 1.56. The molecule has 0 saturated heterocycles. The van der Waals surface area contributed by atoms with Gasteiger partial charge in [0.1, 0.15) is 5.75 Å². The molecule has 0 amide bonds. The van der Waals surface area contributed by atoms with Crippen LogP contribution in [-0.4, -0.2) is 34.4 Å². The molecule has 1 fully saturated rings. The molecule has 0 radical (unpaired) electrons. The molecular formula is C22H27N3O2S. The molecule has 148 valence electrons. The van der Waals surface area contributed by atoms with Crippen LogP contribution in [0.1, 0.15) is 37.7 Å². The predicted molar refractivity (Wildman–Crippen MR) is 114 cm³/mol. The molecular weight excluding hydrogens is 370 g/mol. The van der Waals surface area contributed by atoms with E-state index in [0.717, 1.165) is 22.3 Å². The number of anilines is 1. The zero-order valence-corrected chi connectivity index (χ0v) is 17.3. The van der Waals surface area contributed by atoms with Gasteiger partial charge in [0, 0.05) is 24.8 Å². The van der Waals surface area contributed by atoms with E-state index in [1.807, 2.05) is 24.3 Å². The Hall–Kier alpha value is -2.34. The maximum Gasteiger partial charge on any atom is 0.197 e. The van der Waals surface area contributed by atoms with E-state index in [2.05, 4.69) is 40.1 Å². The molecule has 0 bridgehead atoms. The maximum atomic E-state index is 13.1. The van der Waals surface area contributed by atoms with Gasteiger partial charge in [0.2, 0.25) is 0 Å². The second-order valence-corrected chi connectivity index (χ2v) is 8.81. The first-order valence-electron chi connectivity index (χ1n) is 9.88. The van der Waals surface area contributed by atoms with Crippen molar-refractivity contribution in [1.29, 1.82) is 0 Å². The summed E-state index contributed by atoms with van der Waals surface area (Å²) in [6, 6.07) is 14.5. The summed E-state index contributed by atoms with van der Waals surface area (Å²) in [7, 11) is 2.57. The molecule has 1 aliphatic carbocycles. The van der Waals surface area contributed by atoms with Crippen molar-refractivity contribution in [3.8, 4) is 5.75 Å². The summed E-state index contributed by atoms with van der Waals surface area (Å²) in [5.74, 6) is 1.21. The summed E-state index contributed by atoms with van der Waals surface area (Å²) in [6.07, 6.45) is 6.41. The molecule has 1 saturated carbocycles. The Kier molecular flexibility index (Phi) is 5.67. The summed E-state index contributed by atoms with van der Waals surface area (Å²) in [6.45, 7) is 0. The summed E-state index contributed by atoms with van der Waals surface area (Å²) in [5, 5.41) is 0.512. The van der Waals surface area contributed by atoms with Gasteiger partial charge in [-0.2, -0.15) is 0 Å². The molecule has 1 N–H and O–H groups in total. The Morgan fingerprint density at radius 1 is 1.18 bits per heavy atom. The van der Waals surface area contributed by atoms with Gasteiger partial charge in [-0.3, -0.25) is 4.21 Å². The third-order valence-corrected chi connectivity index (χ3v) is 6.86. The van der Waals surface area contributed by atoms with Crippen molar-refractivity contribution >= 4 is 27.5 Å². The van der Waals surface area contributed by atoms with Gasteiger partial charge in [-0.15, -0.1) is 0 Å². The standard InChI is InChI=1S/C22H27N3O2S/c1-25(17-9-4-3-5-10-17)21-11-7-6-8-16(21)15-28(26)22-23-19-13-12-18(27-2)14-20(19)24-22/h6-8,11-14,17H,3-5,9-10,15H2,1-2H3,(H,23,24). The lowest BCUT2D eigenvalue weighted by Crippen LogP contribution is -2.34. The van der Waals surface area contributed by atoms with Crippen molar-refractivity contribution in [1.82, 2.24) is 9.97 Å². The Morgan fingerprint density at radius 2 is 1.96 bits per heavy atom. The van der Waals surface area contributed by atoms with Crippen LogP contribution in [0.5, 0.6) is 5.75 Å². The first-order valence-corrected chi connectivity index (χ1v) is 11.2. The van der Waals surface area contributed by atoms with E-state index in [1.54, 1.807) is 7.11 Å². The van der Waals surface area contributed by atoms with E-state index in [1.165, 1.54) is 37.8 Å². The van der Waals surface area contributed by atoms with Crippen LogP contribution in [-0.2, 0) is 16.6 Å². The number of methoxy groups -OCH3 is 1. The number of rotatable bonds is 6. The highest BCUT2D eigenvalue weighted by atomic mass is 32.2. The number of imidazole rings is 1. The molecule has 3 aromatic rings. The van der Waals surface area contributed by atoms with E-state index in [-0.39, 0.29) is 0 Å². The van der Waals surface area contributed by atoms with E-state index in [4.69, 9.17) is 4.74 Å². The second-order valence-electron chi connectivity index (χ2n) is 7.45. The van der Waals surface area contributed by atoms with Crippen LogP contribution in [0.3, 0.4) is 0 Å². The number of fused-ring (bicyclic) bond motifs is 1. The SMILES string of the molecule is COc1ccc2nc(S(=O)Cc3ccccc3N(C)C3CCCCC3)[nH]c2c1. The maximum absolute atomic E-state index is 13.1. The number of aromatic amines is 1. The van der Waals surface area contributed by atoms with Crippen LogP contribution in [0.4, 0.5) is 5.69 Å². The largest absolute Gasteiger partial charge is 0.497 e. The predicted octanol–water partition coefficient (Wildman–Crippen LogP) is 4.65. The number of benzene rings is 2. The van der Waals surface area contributed by atoms with Crippen LogP contribution < -0.4 is 9.64 Å². The molecule has 1 unspecified atom stereocenters. The van der Waals surface area contributed by atoms with Crippen molar-refractivity contribution in [2.24, 2.45) is 0 Å². The highest BCUT2D eigenvalue weighted by Crippen LogP contribution is 2.30. The van der Waals surface area contributed by atoms with Crippen molar-refractivity contribution in [2.75, 3.05) is 19.1 Å². The highest BCUT2D eigenvalue weighted by molar-refractivity contribution is 7.84. The lowest BCUT2D eigenvalue weighted by Gasteiger charge is -2.34. The number of hydrogen-bond donors (Lipinski definition) is 1. The van der Waals surface area contributed by atoms with Gasteiger partial charge in [-0.1, -0.05) is 37.5 Å². The molecule has 4 rings (SSSR count). The van der Waals surface area contributed by atoms with E-state index >= 15 is 0 Å². The Bertz CT molecular complexity index is 979. The molecule has 1 heterocycles. The average Bonchev–Trinajstić information content (AvgIpc) is 3.17. The average molecular weight is 398 g/mol. The van der Waals surface area contributed by atoms with Gasteiger partial charge in [-0.25, -0.2) is 4.98 Å². The van der Waals surface area contributed by atoms with Gasteiger partial charge in [0.25, 0.3) is 0 Å². The fraction of sp³-hybridized carbons (Fsp3) is 0.409. The van der Waals surface area contributed by atoms with Gasteiger partial charge >= 0.3 is 0 Å². The lowest BCUT2D eigenvalue weighted by atomic mass is 9.94. The van der Waals surface area contributed by atoms with Crippen molar-refractivity contribution < 1.29 is 8.95 Å². The summed E-state index contributed by atoms with van der Waals surface area (Å²) in [5.41, 5.74) is 3.93. The molecule has 2 aromatic carbocycles. The molecule has 0 spiro atoms. The van der Waals surface area contributed by atoms with Crippen molar-refractivity contribution in [3.05, 3.63) is 48.0 Å². The number of ether oxygens (including phenoxy) is 1. The smallest absolute Gasteiger partial charge is 0.197 e. The molecule has 1 aromatic heterocycles. The number of para-hydroxylation sites is 1. The van der Waals surface area contributed by atoms with Crippen LogP contribution in [0.2, 0.25) is 0 Å². The van der Waals surface area contributed by atoms with Crippen molar-refractivity contribution in [2.45, 2.75) is 49.1 Å². The van der Waals surface area contributed by atoms with E-state index in [9.17, 15) is 4.21 Å². The quantitative estimate of drug-likeness (QED) is 0.658. The number of aromatic nitrogens is 2. The molecule has 0 aliphatic heterocycles. The van der Waals surface area contributed by atoms with Crippen LogP contribution in [0.25, 0.3) is 11.0 Å². The molecule has 1 atom stereocenters. The van der Waals surface area contributed by atoms with E-state index in [0.29, 0.717) is 17.0 Å². The van der Waals surface area contributed by atoms with Crippen molar-refractivity contribution in [3.63, 3.8) is 0 Å². The van der Waals surface area contributed by atoms with Gasteiger partial charge in [-0.05, 0) is 36.6 Å². The van der Waals surface area contributed by atoms with E-state index < -0.39 is 10.8 Å².